The SMILES string of the molecule is CC(C)(C)OC(=O)NCCCc1cccc2c1O[C@@H](CN[C@H](C(=O)O)C1CCCCC1)CC2. The number of para-hydroxylation sites is 1. The number of carboxylic acids is 1. The summed E-state index contributed by atoms with van der Waals surface area (Å²) in [4.78, 5) is 23.7. The fourth-order valence-electron chi connectivity index (χ4n) is 4.83. The van der Waals surface area contributed by atoms with E-state index < -0.39 is 23.7 Å². The molecule has 2 aliphatic rings. The van der Waals surface area contributed by atoms with Crippen LogP contribution < -0.4 is 15.4 Å². The zero-order valence-corrected chi connectivity index (χ0v) is 20.3. The van der Waals surface area contributed by atoms with Crippen molar-refractivity contribution in [1.82, 2.24) is 10.6 Å². The molecule has 1 aromatic rings. The Hall–Kier alpha value is -2.28. The first kappa shape index (κ1) is 25.3. The van der Waals surface area contributed by atoms with Gasteiger partial charge in [-0.25, -0.2) is 4.79 Å². The summed E-state index contributed by atoms with van der Waals surface area (Å²) >= 11 is 0. The third-order valence-corrected chi connectivity index (χ3v) is 6.44. The molecule has 0 bridgehead atoms. The van der Waals surface area contributed by atoms with Gasteiger partial charge in [0, 0.05) is 13.1 Å². The molecule has 1 heterocycles. The number of carbonyl (C=O) groups is 2. The van der Waals surface area contributed by atoms with Crippen molar-refractivity contribution in [2.45, 2.75) is 96.3 Å². The number of alkyl carbamates (subject to hydrolysis) is 1. The Labute approximate surface area is 197 Å². The summed E-state index contributed by atoms with van der Waals surface area (Å²) < 4.78 is 11.6. The summed E-state index contributed by atoms with van der Waals surface area (Å²) in [6.07, 6.45) is 8.36. The third kappa shape index (κ3) is 7.91. The van der Waals surface area contributed by atoms with E-state index in [1.807, 2.05) is 20.8 Å². The van der Waals surface area contributed by atoms with Crippen LogP contribution in [0.1, 0.15) is 76.8 Å². The van der Waals surface area contributed by atoms with Gasteiger partial charge in [0.2, 0.25) is 0 Å². The standard InChI is InChI=1S/C26H40N2O5/c1-26(2,3)33-25(31)27-16-8-13-19-11-7-12-20-14-15-21(32-23(19)20)17-28-22(24(29)30)18-9-5-4-6-10-18/h7,11-12,18,21-22,28H,4-6,8-10,13-17H2,1-3H3,(H,27,31)(H,29,30)/t21-,22+/m1/s1. The Morgan fingerprint density at radius 1 is 1.18 bits per heavy atom. The lowest BCUT2D eigenvalue weighted by atomic mass is 9.84. The van der Waals surface area contributed by atoms with E-state index in [9.17, 15) is 14.7 Å². The van der Waals surface area contributed by atoms with Crippen molar-refractivity contribution in [2.75, 3.05) is 13.1 Å². The van der Waals surface area contributed by atoms with E-state index in [4.69, 9.17) is 9.47 Å². The second-order valence-corrected chi connectivity index (χ2v) is 10.3. The van der Waals surface area contributed by atoms with Crippen molar-refractivity contribution in [1.29, 1.82) is 0 Å². The van der Waals surface area contributed by atoms with Crippen LogP contribution in [0.5, 0.6) is 5.75 Å². The molecule has 1 amide bonds. The number of hydrogen-bond donors (Lipinski definition) is 3. The summed E-state index contributed by atoms with van der Waals surface area (Å²) in [5.41, 5.74) is 1.83. The molecule has 3 rings (SSSR count). The van der Waals surface area contributed by atoms with E-state index in [0.29, 0.717) is 13.1 Å². The van der Waals surface area contributed by atoms with Gasteiger partial charge in [-0.1, -0.05) is 37.5 Å². The van der Waals surface area contributed by atoms with Crippen LogP contribution in [0.4, 0.5) is 4.79 Å². The van der Waals surface area contributed by atoms with Crippen LogP contribution in [0.25, 0.3) is 0 Å². The molecule has 1 fully saturated rings. The molecule has 0 radical (unpaired) electrons. The zero-order chi connectivity index (χ0) is 23.8. The summed E-state index contributed by atoms with van der Waals surface area (Å²) in [6, 6.07) is 5.73. The number of amides is 1. The molecule has 1 aliphatic heterocycles. The molecular weight excluding hydrogens is 420 g/mol. The molecule has 2 atom stereocenters. The van der Waals surface area contributed by atoms with Gasteiger partial charge in [0.25, 0.3) is 0 Å². The Morgan fingerprint density at radius 2 is 1.94 bits per heavy atom. The predicted octanol–water partition coefficient (Wildman–Crippen LogP) is 4.46. The minimum atomic E-state index is -0.753. The molecule has 0 saturated heterocycles. The lowest BCUT2D eigenvalue weighted by molar-refractivity contribution is -0.141. The fraction of sp³-hybridized carbons (Fsp3) is 0.692. The largest absolute Gasteiger partial charge is 0.489 e. The van der Waals surface area contributed by atoms with Crippen LogP contribution in [0.3, 0.4) is 0 Å². The third-order valence-electron chi connectivity index (χ3n) is 6.44. The molecule has 0 spiro atoms. The van der Waals surface area contributed by atoms with Gasteiger partial charge < -0.3 is 25.2 Å². The first-order valence-electron chi connectivity index (χ1n) is 12.4. The normalized spacial score (nSPS) is 19.8. The van der Waals surface area contributed by atoms with Crippen molar-refractivity contribution < 1.29 is 24.2 Å². The molecule has 1 aliphatic carbocycles. The minimum absolute atomic E-state index is 0.0380. The molecule has 184 valence electrons. The Morgan fingerprint density at radius 3 is 2.64 bits per heavy atom. The number of rotatable bonds is 9. The summed E-state index contributed by atoms with van der Waals surface area (Å²) in [5, 5.41) is 15.8. The minimum Gasteiger partial charge on any atom is -0.489 e. The average Bonchev–Trinajstić information content (AvgIpc) is 2.76. The Balaban J connectivity index is 1.51. The first-order chi connectivity index (χ1) is 15.7. The van der Waals surface area contributed by atoms with Gasteiger partial charge in [-0.2, -0.15) is 0 Å². The predicted molar refractivity (Wildman–Crippen MR) is 128 cm³/mol. The van der Waals surface area contributed by atoms with Crippen LogP contribution in [-0.2, 0) is 22.4 Å². The van der Waals surface area contributed by atoms with Gasteiger partial charge in [0.1, 0.15) is 23.5 Å². The number of nitrogens with one attached hydrogen (secondary N) is 2. The molecule has 3 N–H and O–H groups in total. The molecule has 0 unspecified atom stereocenters. The molecule has 0 aromatic heterocycles. The highest BCUT2D eigenvalue weighted by atomic mass is 16.6. The number of hydrogen-bond acceptors (Lipinski definition) is 5. The van der Waals surface area contributed by atoms with Crippen molar-refractivity contribution in [2.24, 2.45) is 5.92 Å². The number of aliphatic carboxylic acids is 1. The average molecular weight is 461 g/mol. The molecule has 1 aromatic carbocycles. The monoisotopic (exact) mass is 460 g/mol. The lowest BCUT2D eigenvalue weighted by Crippen LogP contribution is -2.47. The molecule has 7 nitrogen and oxygen atoms in total. The van der Waals surface area contributed by atoms with E-state index >= 15 is 0 Å². The van der Waals surface area contributed by atoms with Crippen LogP contribution >= 0.6 is 0 Å². The van der Waals surface area contributed by atoms with Crippen LogP contribution in [0.2, 0.25) is 0 Å². The number of carbonyl (C=O) groups excluding carboxylic acids is 1. The smallest absolute Gasteiger partial charge is 0.407 e. The van der Waals surface area contributed by atoms with E-state index in [1.165, 1.54) is 12.0 Å². The van der Waals surface area contributed by atoms with E-state index in [-0.39, 0.29) is 12.0 Å². The Kier molecular flexibility index (Phi) is 9.01. The molecular formula is C26H40N2O5. The summed E-state index contributed by atoms with van der Waals surface area (Å²) in [7, 11) is 0. The summed E-state index contributed by atoms with van der Waals surface area (Å²) in [5.74, 6) is 0.383. The lowest BCUT2D eigenvalue weighted by Gasteiger charge is -2.32. The van der Waals surface area contributed by atoms with Crippen LogP contribution in [0, 0.1) is 5.92 Å². The molecule has 7 heteroatoms. The van der Waals surface area contributed by atoms with Gasteiger partial charge in [-0.3, -0.25) is 4.79 Å². The van der Waals surface area contributed by atoms with Crippen molar-refractivity contribution in [3.63, 3.8) is 0 Å². The number of fused-ring (bicyclic) bond motifs is 1. The highest BCUT2D eigenvalue weighted by Crippen LogP contribution is 2.32. The van der Waals surface area contributed by atoms with E-state index in [0.717, 1.165) is 62.7 Å². The van der Waals surface area contributed by atoms with Gasteiger partial charge in [0.15, 0.2) is 0 Å². The van der Waals surface area contributed by atoms with Gasteiger partial charge in [0.05, 0.1) is 0 Å². The number of ether oxygens (including phenoxy) is 2. The number of benzene rings is 1. The quantitative estimate of drug-likeness (QED) is 0.471. The van der Waals surface area contributed by atoms with Crippen molar-refractivity contribution in [3.05, 3.63) is 29.3 Å². The number of aryl methyl sites for hydroxylation is 2. The zero-order valence-electron chi connectivity index (χ0n) is 20.3. The highest BCUT2D eigenvalue weighted by molar-refractivity contribution is 5.73. The second kappa shape index (κ2) is 11.7. The highest BCUT2D eigenvalue weighted by Gasteiger charge is 2.31. The van der Waals surface area contributed by atoms with Crippen LogP contribution in [-0.4, -0.2) is 48.0 Å². The van der Waals surface area contributed by atoms with Gasteiger partial charge >= 0.3 is 12.1 Å². The van der Waals surface area contributed by atoms with E-state index in [2.05, 4.69) is 28.8 Å². The summed E-state index contributed by atoms with van der Waals surface area (Å²) in [6.45, 7) is 6.62. The van der Waals surface area contributed by atoms with Crippen molar-refractivity contribution in [3.8, 4) is 5.75 Å². The van der Waals surface area contributed by atoms with Crippen molar-refractivity contribution >= 4 is 12.1 Å². The first-order valence-corrected chi connectivity index (χ1v) is 12.4. The molecule has 1 saturated carbocycles. The fourth-order valence-corrected chi connectivity index (χ4v) is 4.83. The number of carboxylic acid groups (broad SMARTS) is 1. The Bertz CT molecular complexity index is 798. The maximum Gasteiger partial charge on any atom is 0.407 e. The van der Waals surface area contributed by atoms with E-state index in [1.54, 1.807) is 0 Å². The second-order valence-electron chi connectivity index (χ2n) is 10.3. The maximum atomic E-state index is 11.9. The van der Waals surface area contributed by atoms with Crippen LogP contribution in [0.15, 0.2) is 18.2 Å². The van der Waals surface area contributed by atoms with Gasteiger partial charge in [-0.15, -0.1) is 0 Å². The topological polar surface area (TPSA) is 96.9 Å². The molecule has 33 heavy (non-hydrogen) atoms. The maximum absolute atomic E-state index is 11.9. The van der Waals surface area contributed by atoms with Gasteiger partial charge in [-0.05, 0) is 76.3 Å².